The van der Waals surface area contributed by atoms with Crippen molar-refractivity contribution in [3.63, 3.8) is 0 Å². The van der Waals surface area contributed by atoms with Crippen molar-refractivity contribution in [1.29, 1.82) is 0 Å². The molecule has 0 saturated carbocycles. The number of benzene rings is 2. The molecular formula is C27H36O2. The van der Waals surface area contributed by atoms with Crippen LogP contribution in [0.2, 0.25) is 0 Å². The summed E-state index contributed by atoms with van der Waals surface area (Å²) in [6.45, 7) is 17.9. The standard InChI is InChI=1S/C27H36O2/c1-17(2)28-19-9-11-21-23(13-19)27(15-25(21,5)6)16-26(7,8)22-12-10-20(14-24(22)27)29-18(3)4/h9-14,17-18H,15-16H2,1-8H3. The molecule has 2 aliphatic rings. The molecule has 2 nitrogen and oxygen atoms in total. The van der Waals surface area contributed by atoms with Gasteiger partial charge >= 0.3 is 0 Å². The number of hydrogen-bond donors (Lipinski definition) is 0. The minimum Gasteiger partial charge on any atom is -0.491 e. The fourth-order valence-electron chi connectivity index (χ4n) is 6.00. The van der Waals surface area contributed by atoms with Crippen molar-refractivity contribution in [2.75, 3.05) is 0 Å². The van der Waals surface area contributed by atoms with E-state index in [1.54, 1.807) is 0 Å². The Morgan fingerprint density at radius 1 is 0.621 bits per heavy atom. The second-order valence-corrected chi connectivity index (χ2v) is 11.0. The van der Waals surface area contributed by atoms with E-state index in [1.807, 2.05) is 0 Å². The first kappa shape index (κ1) is 20.3. The Morgan fingerprint density at radius 2 is 1.00 bits per heavy atom. The first-order chi connectivity index (χ1) is 13.4. The van der Waals surface area contributed by atoms with Gasteiger partial charge in [-0.3, -0.25) is 0 Å². The molecule has 156 valence electrons. The largest absolute Gasteiger partial charge is 0.491 e. The van der Waals surface area contributed by atoms with Gasteiger partial charge in [-0.15, -0.1) is 0 Å². The highest BCUT2D eigenvalue weighted by molar-refractivity contribution is 5.61. The van der Waals surface area contributed by atoms with E-state index in [0.717, 1.165) is 24.3 Å². The van der Waals surface area contributed by atoms with Crippen molar-refractivity contribution in [2.24, 2.45) is 0 Å². The van der Waals surface area contributed by atoms with Gasteiger partial charge in [0.15, 0.2) is 0 Å². The minimum absolute atomic E-state index is 0.0182. The lowest BCUT2D eigenvalue weighted by Gasteiger charge is -2.31. The zero-order chi connectivity index (χ0) is 21.2. The van der Waals surface area contributed by atoms with E-state index >= 15 is 0 Å². The third-order valence-electron chi connectivity index (χ3n) is 6.70. The van der Waals surface area contributed by atoms with Gasteiger partial charge in [-0.05, 0) is 97.9 Å². The van der Waals surface area contributed by atoms with Crippen LogP contribution in [0.15, 0.2) is 36.4 Å². The Kier molecular flexibility index (Phi) is 4.57. The number of hydrogen-bond acceptors (Lipinski definition) is 2. The van der Waals surface area contributed by atoms with E-state index in [-0.39, 0.29) is 28.5 Å². The second kappa shape index (κ2) is 6.52. The van der Waals surface area contributed by atoms with E-state index in [0.29, 0.717) is 0 Å². The Morgan fingerprint density at radius 3 is 1.34 bits per heavy atom. The molecule has 2 heteroatoms. The molecule has 0 saturated heterocycles. The summed E-state index contributed by atoms with van der Waals surface area (Å²) >= 11 is 0. The zero-order valence-corrected chi connectivity index (χ0v) is 19.3. The quantitative estimate of drug-likeness (QED) is 0.563. The summed E-state index contributed by atoms with van der Waals surface area (Å²) in [6.07, 6.45) is 2.61. The van der Waals surface area contributed by atoms with Gasteiger partial charge in [0.2, 0.25) is 0 Å². The highest BCUT2D eigenvalue weighted by Gasteiger charge is 2.56. The van der Waals surface area contributed by atoms with Crippen LogP contribution < -0.4 is 9.47 Å². The van der Waals surface area contributed by atoms with Crippen LogP contribution in [-0.4, -0.2) is 12.2 Å². The van der Waals surface area contributed by atoms with Crippen molar-refractivity contribution < 1.29 is 9.47 Å². The van der Waals surface area contributed by atoms with Gasteiger partial charge in [-0.25, -0.2) is 0 Å². The van der Waals surface area contributed by atoms with Gasteiger partial charge in [-0.1, -0.05) is 39.8 Å². The first-order valence-corrected chi connectivity index (χ1v) is 11.1. The normalized spacial score (nSPS) is 20.2. The molecule has 2 aromatic carbocycles. The fourth-order valence-corrected chi connectivity index (χ4v) is 6.00. The molecule has 2 aliphatic carbocycles. The summed E-state index contributed by atoms with van der Waals surface area (Å²) in [7, 11) is 0. The molecule has 2 aromatic rings. The Bertz CT molecular complexity index is 856. The highest BCUT2D eigenvalue weighted by Crippen LogP contribution is 2.63. The fraction of sp³-hybridized carbons (Fsp3) is 0.556. The van der Waals surface area contributed by atoms with Gasteiger partial charge < -0.3 is 9.47 Å². The molecule has 0 unspecified atom stereocenters. The summed E-state index contributed by atoms with van der Waals surface area (Å²) < 4.78 is 12.2. The van der Waals surface area contributed by atoms with E-state index in [4.69, 9.17) is 9.47 Å². The maximum absolute atomic E-state index is 6.10. The molecule has 0 atom stereocenters. The lowest BCUT2D eigenvalue weighted by Crippen LogP contribution is -2.27. The molecule has 0 bridgehead atoms. The Labute approximate surface area is 176 Å². The molecule has 0 aromatic heterocycles. The summed E-state index contributed by atoms with van der Waals surface area (Å²) in [6, 6.07) is 13.6. The lowest BCUT2D eigenvalue weighted by atomic mass is 9.72. The van der Waals surface area contributed by atoms with E-state index < -0.39 is 0 Å². The summed E-state index contributed by atoms with van der Waals surface area (Å²) in [5.74, 6) is 1.97. The number of rotatable bonds is 4. The molecular weight excluding hydrogens is 356 g/mol. The number of ether oxygens (including phenoxy) is 2. The molecule has 0 aliphatic heterocycles. The Balaban J connectivity index is 1.92. The van der Waals surface area contributed by atoms with Gasteiger partial charge in [0, 0.05) is 5.41 Å². The van der Waals surface area contributed by atoms with Crippen molar-refractivity contribution in [3.8, 4) is 11.5 Å². The topological polar surface area (TPSA) is 18.5 Å². The van der Waals surface area contributed by atoms with Gasteiger partial charge in [0.05, 0.1) is 12.2 Å². The molecule has 0 radical (unpaired) electrons. The van der Waals surface area contributed by atoms with Gasteiger partial charge in [0.25, 0.3) is 0 Å². The van der Waals surface area contributed by atoms with Crippen LogP contribution in [0.25, 0.3) is 0 Å². The molecule has 0 fully saturated rings. The third kappa shape index (κ3) is 3.25. The van der Waals surface area contributed by atoms with Crippen LogP contribution in [0.4, 0.5) is 0 Å². The molecule has 0 heterocycles. The predicted octanol–water partition coefficient (Wildman–Crippen LogP) is 6.91. The van der Waals surface area contributed by atoms with Crippen LogP contribution in [0.5, 0.6) is 11.5 Å². The molecule has 1 spiro atoms. The highest BCUT2D eigenvalue weighted by atomic mass is 16.5. The Hall–Kier alpha value is -1.96. The van der Waals surface area contributed by atoms with Crippen molar-refractivity contribution in [2.45, 2.75) is 96.7 Å². The van der Waals surface area contributed by atoms with Crippen molar-refractivity contribution >= 4 is 0 Å². The molecule has 29 heavy (non-hydrogen) atoms. The van der Waals surface area contributed by atoms with Gasteiger partial charge in [0.1, 0.15) is 11.5 Å². The first-order valence-electron chi connectivity index (χ1n) is 11.1. The monoisotopic (exact) mass is 392 g/mol. The van der Waals surface area contributed by atoms with Crippen LogP contribution >= 0.6 is 0 Å². The lowest BCUT2D eigenvalue weighted by molar-refractivity contribution is 0.241. The maximum Gasteiger partial charge on any atom is 0.120 e. The minimum atomic E-state index is 0.0182. The van der Waals surface area contributed by atoms with E-state index in [1.165, 1.54) is 22.3 Å². The molecule has 4 rings (SSSR count). The molecule has 0 N–H and O–H groups in total. The third-order valence-corrected chi connectivity index (χ3v) is 6.70. The van der Waals surface area contributed by atoms with Crippen LogP contribution in [0, 0.1) is 0 Å². The summed E-state index contributed by atoms with van der Waals surface area (Å²) in [5, 5.41) is 0. The van der Waals surface area contributed by atoms with E-state index in [2.05, 4.69) is 91.8 Å². The summed E-state index contributed by atoms with van der Waals surface area (Å²) in [5.41, 5.74) is 6.13. The maximum atomic E-state index is 6.10. The molecule has 0 amide bonds. The zero-order valence-electron chi connectivity index (χ0n) is 19.3. The second-order valence-electron chi connectivity index (χ2n) is 11.0. The number of fused-ring (bicyclic) bond motifs is 4. The summed E-state index contributed by atoms with van der Waals surface area (Å²) in [4.78, 5) is 0. The van der Waals surface area contributed by atoms with E-state index in [9.17, 15) is 0 Å². The SMILES string of the molecule is CC(C)Oc1ccc2c(c1)C1(CC2(C)C)CC(C)(C)c2ccc(OC(C)C)cc21. The van der Waals surface area contributed by atoms with Crippen LogP contribution in [-0.2, 0) is 16.2 Å². The van der Waals surface area contributed by atoms with Crippen molar-refractivity contribution in [3.05, 3.63) is 58.7 Å². The smallest absolute Gasteiger partial charge is 0.120 e. The van der Waals surface area contributed by atoms with Gasteiger partial charge in [-0.2, -0.15) is 0 Å². The van der Waals surface area contributed by atoms with Crippen LogP contribution in [0.3, 0.4) is 0 Å². The average molecular weight is 393 g/mol. The van der Waals surface area contributed by atoms with Crippen molar-refractivity contribution in [1.82, 2.24) is 0 Å². The predicted molar refractivity (Wildman–Crippen MR) is 120 cm³/mol. The average Bonchev–Trinajstić information content (AvgIpc) is 2.93. The van der Waals surface area contributed by atoms with Crippen LogP contribution in [0.1, 0.15) is 90.5 Å².